The Bertz CT molecular complexity index is 337. The highest BCUT2D eigenvalue weighted by atomic mass is 32.2. The van der Waals surface area contributed by atoms with Gasteiger partial charge in [0.2, 0.25) is 0 Å². The molecule has 2 heteroatoms. The van der Waals surface area contributed by atoms with Crippen molar-refractivity contribution in [3.63, 3.8) is 0 Å². The molecule has 1 nitrogen and oxygen atoms in total. The molecule has 1 aromatic rings. The normalized spacial score (nSPS) is 20.8. The zero-order valence-corrected chi connectivity index (χ0v) is 10.7. The Balaban J connectivity index is 1.88. The van der Waals surface area contributed by atoms with E-state index in [0.29, 0.717) is 5.92 Å². The molecule has 0 aliphatic carbocycles. The van der Waals surface area contributed by atoms with E-state index in [0.717, 1.165) is 25.7 Å². The molecule has 2 atom stereocenters. The molecule has 1 N–H and O–H groups in total. The minimum absolute atomic E-state index is 0.0947. The second kappa shape index (κ2) is 5.74. The van der Waals surface area contributed by atoms with Crippen LogP contribution in [0.2, 0.25) is 0 Å². The summed E-state index contributed by atoms with van der Waals surface area (Å²) in [6, 6.07) is 8.69. The van der Waals surface area contributed by atoms with Crippen LogP contribution in [-0.2, 0) is 0 Å². The number of hydrogen-bond acceptors (Lipinski definition) is 2. The molecular weight excluding hydrogens is 216 g/mol. The summed E-state index contributed by atoms with van der Waals surface area (Å²) in [6.45, 7) is 2.13. The van der Waals surface area contributed by atoms with E-state index in [2.05, 4.69) is 31.2 Å². The minimum atomic E-state index is -0.0947. The molecule has 2 rings (SSSR count). The molecule has 0 fully saturated rings. The third-order valence-electron chi connectivity index (χ3n) is 3.27. The van der Waals surface area contributed by atoms with E-state index in [1.165, 1.54) is 16.2 Å². The molecule has 0 saturated carbocycles. The van der Waals surface area contributed by atoms with E-state index in [9.17, 15) is 5.11 Å². The highest BCUT2D eigenvalue weighted by molar-refractivity contribution is 7.99. The van der Waals surface area contributed by atoms with Crippen LogP contribution in [0.1, 0.15) is 44.1 Å². The number of rotatable bonds is 5. The summed E-state index contributed by atoms with van der Waals surface area (Å²) < 4.78 is 0. The maximum atomic E-state index is 9.75. The van der Waals surface area contributed by atoms with E-state index >= 15 is 0 Å². The van der Waals surface area contributed by atoms with Crippen molar-refractivity contribution in [1.29, 1.82) is 0 Å². The summed E-state index contributed by atoms with van der Waals surface area (Å²) in [5, 5.41) is 9.75. The predicted octanol–water partition coefficient (Wildman–Crippen LogP) is 3.82. The van der Waals surface area contributed by atoms with Gasteiger partial charge in [0.15, 0.2) is 0 Å². The van der Waals surface area contributed by atoms with Gasteiger partial charge in [0.1, 0.15) is 0 Å². The van der Waals surface area contributed by atoms with E-state index < -0.39 is 0 Å². The second-order valence-electron chi connectivity index (χ2n) is 4.57. The fourth-order valence-electron chi connectivity index (χ4n) is 2.34. The first kappa shape index (κ1) is 12.0. The van der Waals surface area contributed by atoms with Gasteiger partial charge in [0.25, 0.3) is 0 Å². The predicted molar refractivity (Wildman–Crippen MR) is 70.1 cm³/mol. The fraction of sp³-hybridized carbons (Fsp3) is 0.571. The topological polar surface area (TPSA) is 20.2 Å². The Morgan fingerprint density at radius 1 is 1.38 bits per heavy atom. The molecule has 0 bridgehead atoms. The Labute approximate surface area is 102 Å². The van der Waals surface area contributed by atoms with E-state index in [1.54, 1.807) is 0 Å². The van der Waals surface area contributed by atoms with Gasteiger partial charge in [-0.15, -0.1) is 11.8 Å². The highest BCUT2D eigenvalue weighted by Crippen LogP contribution is 2.41. The lowest BCUT2D eigenvalue weighted by atomic mass is 9.94. The average molecular weight is 236 g/mol. The first-order chi connectivity index (χ1) is 7.81. The van der Waals surface area contributed by atoms with Gasteiger partial charge in [-0.3, -0.25) is 0 Å². The fourth-order valence-corrected chi connectivity index (χ4v) is 3.64. The van der Waals surface area contributed by atoms with Crippen molar-refractivity contribution in [2.75, 3.05) is 5.75 Å². The summed E-state index contributed by atoms with van der Waals surface area (Å²) in [5.41, 5.74) is 1.50. The Kier molecular flexibility index (Phi) is 4.30. The van der Waals surface area contributed by atoms with Crippen molar-refractivity contribution in [3.05, 3.63) is 29.8 Å². The van der Waals surface area contributed by atoms with Crippen LogP contribution in [0.25, 0.3) is 0 Å². The number of thioether (sulfide) groups is 1. The molecule has 1 aliphatic rings. The number of benzene rings is 1. The zero-order valence-electron chi connectivity index (χ0n) is 9.86. The lowest BCUT2D eigenvalue weighted by Crippen LogP contribution is -2.08. The molecule has 0 spiro atoms. The SMILES string of the molecule is CCCC(O)CCC1CSc2ccccc21. The van der Waals surface area contributed by atoms with Crippen LogP contribution in [0, 0.1) is 0 Å². The molecule has 0 aromatic heterocycles. The number of fused-ring (bicyclic) bond motifs is 1. The molecule has 0 radical (unpaired) electrons. The van der Waals surface area contributed by atoms with Gasteiger partial charge in [0.05, 0.1) is 6.10 Å². The molecule has 1 heterocycles. The summed E-state index contributed by atoms with van der Waals surface area (Å²) in [4.78, 5) is 1.44. The van der Waals surface area contributed by atoms with Crippen LogP contribution >= 0.6 is 11.8 Å². The van der Waals surface area contributed by atoms with Crippen LogP contribution in [0.4, 0.5) is 0 Å². The average Bonchev–Trinajstić information content (AvgIpc) is 2.70. The first-order valence-corrected chi connectivity index (χ1v) is 7.19. The molecule has 1 aromatic carbocycles. The first-order valence-electron chi connectivity index (χ1n) is 6.21. The molecule has 16 heavy (non-hydrogen) atoms. The summed E-state index contributed by atoms with van der Waals surface area (Å²) >= 11 is 1.96. The summed E-state index contributed by atoms with van der Waals surface area (Å²) in [6.07, 6.45) is 4.01. The van der Waals surface area contributed by atoms with Gasteiger partial charge in [-0.05, 0) is 36.8 Å². The van der Waals surface area contributed by atoms with Gasteiger partial charge in [-0.1, -0.05) is 31.5 Å². The summed E-state index contributed by atoms with van der Waals surface area (Å²) in [7, 11) is 0. The van der Waals surface area contributed by atoms with Gasteiger partial charge >= 0.3 is 0 Å². The van der Waals surface area contributed by atoms with Gasteiger partial charge in [0, 0.05) is 10.6 Å². The van der Waals surface area contributed by atoms with Crippen LogP contribution in [0.15, 0.2) is 29.2 Å². The molecule has 88 valence electrons. The Morgan fingerprint density at radius 3 is 3.00 bits per heavy atom. The quantitative estimate of drug-likeness (QED) is 0.838. The van der Waals surface area contributed by atoms with Crippen molar-refractivity contribution in [3.8, 4) is 0 Å². The van der Waals surface area contributed by atoms with Crippen LogP contribution < -0.4 is 0 Å². The summed E-state index contributed by atoms with van der Waals surface area (Å²) in [5.74, 6) is 1.85. The Morgan fingerprint density at radius 2 is 2.19 bits per heavy atom. The van der Waals surface area contributed by atoms with Crippen molar-refractivity contribution in [2.45, 2.75) is 49.5 Å². The van der Waals surface area contributed by atoms with Gasteiger partial charge in [-0.25, -0.2) is 0 Å². The van der Waals surface area contributed by atoms with Crippen molar-refractivity contribution >= 4 is 11.8 Å². The Hall–Kier alpha value is -0.470. The van der Waals surface area contributed by atoms with E-state index in [-0.39, 0.29) is 6.10 Å². The zero-order chi connectivity index (χ0) is 11.4. The standard InChI is InChI=1S/C14H20OS/c1-2-5-12(15)9-8-11-10-16-14-7-4-3-6-13(11)14/h3-4,6-7,11-12,15H,2,5,8-10H2,1H3. The number of aliphatic hydroxyl groups is 1. The van der Waals surface area contributed by atoms with Crippen LogP contribution in [0.5, 0.6) is 0 Å². The van der Waals surface area contributed by atoms with Crippen LogP contribution in [-0.4, -0.2) is 17.0 Å². The largest absolute Gasteiger partial charge is 0.393 e. The van der Waals surface area contributed by atoms with Crippen molar-refractivity contribution < 1.29 is 5.11 Å². The van der Waals surface area contributed by atoms with E-state index in [1.807, 2.05) is 11.8 Å². The van der Waals surface area contributed by atoms with Crippen molar-refractivity contribution in [1.82, 2.24) is 0 Å². The minimum Gasteiger partial charge on any atom is -0.393 e. The van der Waals surface area contributed by atoms with Gasteiger partial charge in [-0.2, -0.15) is 0 Å². The maximum Gasteiger partial charge on any atom is 0.0540 e. The molecule has 1 aliphatic heterocycles. The number of aliphatic hydroxyl groups excluding tert-OH is 1. The molecule has 0 amide bonds. The molecular formula is C14H20OS. The third kappa shape index (κ3) is 2.80. The number of hydrogen-bond donors (Lipinski definition) is 1. The lowest BCUT2D eigenvalue weighted by Gasteiger charge is -2.13. The second-order valence-corrected chi connectivity index (χ2v) is 5.63. The molecule has 0 saturated heterocycles. The maximum absolute atomic E-state index is 9.75. The lowest BCUT2D eigenvalue weighted by molar-refractivity contribution is 0.149. The van der Waals surface area contributed by atoms with Crippen molar-refractivity contribution in [2.24, 2.45) is 0 Å². The van der Waals surface area contributed by atoms with Crippen LogP contribution in [0.3, 0.4) is 0 Å². The van der Waals surface area contributed by atoms with E-state index in [4.69, 9.17) is 0 Å². The third-order valence-corrected chi connectivity index (χ3v) is 4.52. The highest BCUT2D eigenvalue weighted by Gasteiger charge is 2.22. The smallest absolute Gasteiger partial charge is 0.0540 e. The monoisotopic (exact) mass is 236 g/mol. The molecule has 2 unspecified atom stereocenters. The van der Waals surface area contributed by atoms with Gasteiger partial charge < -0.3 is 5.11 Å².